The SMILES string of the molecule is COc1ccc(C=NNC(N)=NO)c(Cl)c1OC. The molecular formula is C10H13ClN4O3. The smallest absolute Gasteiger partial charge is 0.251 e. The van der Waals surface area contributed by atoms with Gasteiger partial charge in [0.25, 0.3) is 5.96 Å². The summed E-state index contributed by atoms with van der Waals surface area (Å²) in [6.07, 6.45) is 1.41. The van der Waals surface area contributed by atoms with Crippen molar-refractivity contribution in [2.24, 2.45) is 16.0 Å². The molecule has 0 amide bonds. The van der Waals surface area contributed by atoms with Crippen molar-refractivity contribution in [1.29, 1.82) is 0 Å². The molecule has 0 radical (unpaired) electrons. The lowest BCUT2D eigenvalue weighted by molar-refractivity contribution is 0.316. The minimum Gasteiger partial charge on any atom is -0.493 e. The number of nitrogens with one attached hydrogen (secondary N) is 1. The molecule has 18 heavy (non-hydrogen) atoms. The first-order valence-corrected chi connectivity index (χ1v) is 5.19. The van der Waals surface area contributed by atoms with Gasteiger partial charge in [-0.3, -0.25) is 0 Å². The molecule has 1 rings (SSSR count). The summed E-state index contributed by atoms with van der Waals surface area (Å²) < 4.78 is 10.2. The number of methoxy groups -OCH3 is 2. The molecule has 4 N–H and O–H groups in total. The van der Waals surface area contributed by atoms with E-state index in [-0.39, 0.29) is 5.96 Å². The number of benzene rings is 1. The minimum absolute atomic E-state index is 0.233. The van der Waals surface area contributed by atoms with Crippen molar-refractivity contribution >= 4 is 23.8 Å². The van der Waals surface area contributed by atoms with E-state index in [9.17, 15) is 0 Å². The molecule has 7 nitrogen and oxygen atoms in total. The van der Waals surface area contributed by atoms with Crippen LogP contribution in [0.5, 0.6) is 11.5 Å². The number of hydrogen-bond acceptors (Lipinski definition) is 5. The molecule has 0 atom stereocenters. The van der Waals surface area contributed by atoms with Gasteiger partial charge in [-0.25, -0.2) is 5.43 Å². The molecular weight excluding hydrogens is 260 g/mol. The first kappa shape index (κ1) is 13.9. The number of hydrogen-bond donors (Lipinski definition) is 3. The molecule has 0 aromatic heterocycles. The molecule has 0 fully saturated rings. The standard InChI is InChI=1S/C10H13ClN4O3/c1-17-7-4-3-6(8(11)9(7)18-2)5-13-14-10(12)15-16/h3-5,16H,1-2H3,(H3,12,14,15). The second kappa shape index (κ2) is 6.55. The summed E-state index contributed by atoms with van der Waals surface area (Å²) in [7, 11) is 3.00. The van der Waals surface area contributed by atoms with E-state index in [0.717, 1.165) is 0 Å². The summed E-state index contributed by atoms with van der Waals surface area (Å²) >= 11 is 6.11. The highest BCUT2D eigenvalue weighted by Gasteiger charge is 2.11. The second-order valence-corrected chi connectivity index (χ2v) is 3.44. The Morgan fingerprint density at radius 3 is 2.72 bits per heavy atom. The Morgan fingerprint density at radius 2 is 2.17 bits per heavy atom. The van der Waals surface area contributed by atoms with Crippen LogP contribution < -0.4 is 20.6 Å². The number of oxime groups is 1. The maximum Gasteiger partial charge on any atom is 0.251 e. The summed E-state index contributed by atoms with van der Waals surface area (Å²) in [6.45, 7) is 0. The highest BCUT2D eigenvalue weighted by atomic mass is 35.5. The van der Waals surface area contributed by atoms with E-state index in [0.29, 0.717) is 22.1 Å². The van der Waals surface area contributed by atoms with Crippen LogP contribution in [-0.2, 0) is 0 Å². The third kappa shape index (κ3) is 3.17. The van der Waals surface area contributed by atoms with Gasteiger partial charge < -0.3 is 20.4 Å². The van der Waals surface area contributed by atoms with Gasteiger partial charge in [0.15, 0.2) is 11.5 Å². The molecule has 0 bridgehead atoms. The number of nitrogens with two attached hydrogens (primary N) is 1. The maximum absolute atomic E-state index is 8.30. The predicted molar refractivity (Wildman–Crippen MR) is 68.7 cm³/mol. The average molecular weight is 273 g/mol. The number of ether oxygens (including phenoxy) is 2. The molecule has 0 aliphatic heterocycles. The summed E-state index contributed by atoms with van der Waals surface area (Å²) in [5.41, 5.74) is 8.06. The van der Waals surface area contributed by atoms with Gasteiger partial charge in [0.1, 0.15) is 0 Å². The van der Waals surface area contributed by atoms with Crippen molar-refractivity contribution in [2.75, 3.05) is 14.2 Å². The van der Waals surface area contributed by atoms with Crippen LogP contribution in [0.2, 0.25) is 5.02 Å². The number of nitrogens with zero attached hydrogens (tertiary/aromatic N) is 2. The first-order valence-electron chi connectivity index (χ1n) is 4.81. The molecule has 0 unspecified atom stereocenters. The van der Waals surface area contributed by atoms with Crippen LogP contribution in [0.15, 0.2) is 22.4 Å². The highest BCUT2D eigenvalue weighted by molar-refractivity contribution is 6.34. The molecule has 98 valence electrons. The van der Waals surface area contributed by atoms with Crippen molar-refractivity contribution in [2.45, 2.75) is 0 Å². The first-order chi connectivity index (χ1) is 8.63. The van der Waals surface area contributed by atoms with Gasteiger partial charge in [0.2, 0.25) is 0 Å². The normalized spacial score (nSPS) is 11.6. The molecule has 1 aromatic rings. The molecule has 8 heteroatoms. The third-order valence-electron chi connectivity index (χ3n) is 2.01. The van der Waals surface area contributed by atoms with Gasteiger partial charge in [0, 0.05) is 5.56 Å². The van der Waals surface area contributed by atoms with E-state index in [4.69, 9.17) is 32.0 Å². The van der Waals surface area contributed by atoms with E-state index < -0.39 is 0 Å². The topological polar surface area (TPSA) is 101 Å². The van der Waals surface area contributed by atoms with Gasteiger partial charge in [-0.2, -0.15) is 5.10 Å². The maximum atomic E-state index is 8.30. The van der Waals surface area contributed by atoms with Crippen molar-refractivity contribution in [1.82, 2.24) is 5.43 Å². The Kier molecular flexibility index (Phi) is 5.06. The third-order valence-corrected chi connectivity index (χ3v) is 2.40. The quantitative estimate of drug-likeness (QED) is 0.328. The lowest BCUT2D eigenvalue weighted by atomic mass is 10.2. The van der Waals surface area contributed by atoms with Crippen LogP contribution in [0.25, 0.3) is 0 Å². The van der Waals surface area contributed by atoms with E-state index in [1.807, 2.05) is 0 Å². The van der Waals surface area contributed by atoms with Gasteiger partial charge in [-0.1, -0.05) is 11.6 Å². The van der Waals surface area contributed by atoms with Crippen LogP contribution in [-0.4, -0.2) is 31.6 Å². The van der Waals surface area contributed by atoms with Crippen LogP contribution in [0, 0.1) is 0 Å². The summed E-state index contributed by atoms with van der Waals surface area (Å²) in [4.78, 5) is 0. The largest absolute Gasteiger partial charge is 0.493 e. The zero-order valence-electron chi connectivity index (χ0n) is 9.85. The number of rotatable bonds is 4. The minimum atomic E-state index is -0.233. The fourth-order valence-corrected chi connectivity index (χ4v) is 1.48. The molecule has 0 spiro atoms. The van der Waals surface area contributed by atoms with Crippen molar-refractivity contribution in [3.05, 3.63) is 22.7 Å². The zero-order valence-corrected chi connectivity index (χ0v) is 10.6. The molecule has 1 aromatic carbocycles. The van der Waals surface area contributed by atoms with E-state index in [1.165, 1.54) is 20.4 Å². The summed E-state index contributed by atoms with van der Waals surface area (Å²) in [5, 5.41) is 15.1. The fraction of sp³-hybridized carbons (Fsp3) is 0.200. The Morgan fingerprint density at radius 1 is 1.44 bits per heavy atom. The fourth-order valence-electron chi connectivity index (χ4n) is 1.19. The monoisotopic (exact) mass is 272 g/mol. The van der Waals surface area contributed by atoms with Crippen molar-refractivity contribution < 1.29 is 14.7 Å². The summed E-state index contributed by atoms with van der Waals surface area (Å²) in [6, 6.07) is 3.39. The predicted octanol–water partition coefficient (Wildman–Crippen LogP) is 0.985. The van der Waals surface area contributed by atoms with Gasteiger partial charge in [-0.15, -0.1) is 0 Å². The van der Waals surface area contributed by atoms with Crippen molar-refractivity contribution in [3.63, 3.8) is 0 Å². The number of hydrazone groups is 1. The lowest BCUT2D eigenvalue weighted by Crippen LogP contribution is -2.26. The van der Waals surface area contributed by atoms with Crippen LogP contribution >= 0.6 is 11.6 Å². The number of halogens is 1. The Bertz CT molecular complexity index is 476. The van der Waals surface area contributed by atoms with Gasteiger partial charge in [0.05, 0.1) is 25.5 Å². The Balaban J connectivity index is 2.97. The van der Waals surface area contributed by atoms with Gasteiger partial charge >= 0.3 is 0 Å². The summed E-state index contributed by atoms with van der Waals surface area (Å²) in [5.74, 6) is 0.693. The van der Waals surface area contributed by atoms with E-state index in [1.54, 1.807) is 12.1 Å². The second-order valence-electron chi connectivity index (χ2n) is 3.06. The van der Waals surface area contributed by atoms with E-state index >= 15 is 0 Å². The molecule has 0 saturated heterocycles. The van der Waals surface area contributed by atoms with Crippen LogP contribution in [0.1, 0.15) is 5.56 Å². The van der Waals surface area contributed by atoms with Crippen LogP contribution in [0.4, 0.5) is 0 Å². The lowest BCUT2D eigenvalue weighted by Gasteiger charge is -2.10. The van der Waals surface area contributed by atoms with Gasteiger partial charge in [-0.05, 0) is 17.3 Å². The zero-order chi connectivity index (χ0) is 13.5. The van der Waals surface area contributed by atoms with Crippen molar-refractivity contribution in [3.8, 4) is 11.5 Å². The molecule has 0 aliphatic rings. The van der Waals surface area contributed by atoms with E-state index in [2.05, 4.69) is 15.7 Å². The molecule has 0 heterocycles. The Labute approximate surface area is 109 Å². The highest BCUT2D eigenvalue weighted by Crippen LogP contribution is 2.36. The van der Waals surface area contributed by atoms with Crippen LogP contribution in [0.3, 0.4) is 0 Å². The average Bonchev–Trinajstić information content (AvgIpc) is 2.39. The molecule has 0 saturated carbocycles. The number of guanidine groups is 1. The molecule has 0 aliphatic carbocycles. The Hall–Kier alpha value is -2.15.